The van der Waals surface area contributed by atoms with E-state index >= 15 is 0 Å². The number of hydrogen-bond donors (Lipinski definition) is 1. The molecule has 1 atom stereocenters. The summed E-state index contributed by atoms with van der Waals surface area (Å²) in [7, 11) is -3.96. The van der Waals surface area contributed by atoms with Crippen LogP contribution in [0.1, 0.15) is 39.5 Å². The van der Waals surface area contributed by atoms with Crippen LogP contribution in [0.15, 0.2) is 53.4 Å². The van der Waals surface area contributed by atoms with Crippen LogP contribution < -0.4 is 19.1 Å². The predicted molar refractivity (Wildman–Crippen MR) is 125 cm³/mol. The molecule has 1 heterocycles. The van der Waals surface area contributed by atoms with Gasteiger partial charge in [-0.25, -0.2) is 8.42 Å². The van der Waals surface area contributed by atoms with E-state index in [-0.39, 0.29) is 17.3 Å². The van der Waals surface area contributed by atoms with Crippen molar-refractivity contribution in [3.8, 4) is 11.5 Å². The van der Waals surface area contributed by atoms with Crippen LogP contribution in [-0.4, -0.2) is 40.6 Å². The molecule has 1 amide bonds. The third-order valence-corrected chi connectivity index (χ3v) is 7.35. The molecule has 1 aliphatic heterocycles. The minimum Gasteiger partial charge on any atom is -0.486 e. The number of carbonyl (C=O) groups excluding carboxylic acids is 1. The fraction of sp³-hybridized carbons (Fsp3) is 0.458. The van der Waals surface area contributed by atoms with Crippen molar-refractivity contribution in [3.63, 3.8) is 0 Å². The molecule has 174 valence electrons. The van der Waals surface area contributed by atoms with Crippen LogP contribution in [0.3, 0.4) is 0 Å². The van der Waals surface area contributed by atoms with E-state index in [1.165, 1.54) is 12.1 Å². The van der Waals surface area contributed by atoms with Crippen molar-refractivity contribution >= 4 is 21.6 Å². The van der Waals surface area contributed by atoms with Gasteiger partial charge in [0.1, 0.15) is 19.8 Å². The second-order valence-corrected chi connectivity index (χ2v) is 9.74. The zero-order valence-corrected chi connectivity index (χ0v) is 19.6. The molecule has 0 bridgehead atoms. The van der Waals surface area contributed by atoms with Crippen molar-refractivity contribution in [1.29, 1.82) is 0 Å². The van der Waals surface area contributed by atoms with E-state index in [1.54, 1.807) is 36.4 Å². The molecule has 0 spiro atoms. The van der Waals surface area contributed by atoms with Gasteiger partial charge in [0.05, 0.1) is 10.6 Å². The molecule has 3 rings (SSSR count). The maximum Gasteiger partial charge on any atom is 0.264 e. The first kappa shape index (κ1) is 23.9. The Morgan fingerprint density at radius 2 is 1.78 bits per heavy atom. The maximum absolute atomic E-state index is 13.4. The number of nitrogens with zero attached hydrogens (tertiary/aromatic N) is 1. The summed E-state index contributed by atoms with van der Waals surface area (Å²) in [5.41, 5.74) is 0.353. The average molecular weight is 461 g/mol. The van der Waals surface area contributed by atoms with Gasteiger partial charge in [-0.15, -0.1) is 0 Å². The number of anilines is 1. The highest BCUT2D eigenvalue weighted by Crippen LogP contribution is 2.35. The number of sulfonamides is 1. The van der Waals surface area contributed by atoms with Gasteiger partial charge in [0.2, 0.25) is 5.91 Å². The van der Waals surface area contributed by atoms with Gasteiger partial charge in [0, 0.05) is 12.6 Å². The number of ether oxygens (including phenoxy) is 2. The molecule has 2 aromatic carbocycles. The monoisotopic (exact) mass is 460 g/mol. The van der Waals surface area contributed by atoms with Crippen LogP contribution in [0, 0.1) is 5.92 Å². The van der Waals surface area contributed by atoms with E-state index in [2.05, 4.69) is 19.2 Å². The molecule has 32 heavy (non-hydrogen) atoms. The van der Waals surface area contributed by atoms with Gasteiger partial charge in [-0.2, -0.15) is 0 Å². The average Bonchev–Trinajstić information content (AvgIpc) is 2.82. The summed E-state index contributed by atoms with van der Waals surface area (Å²) < 4.78 is 39.2. The number of carbonyl (C=O) groups is 1. The Balaban J connectivity index is 1.84. The molecule has 0 fully saturated rings. The highest BCUT2D eigenvalue weighted by molar-refractivity contribution is 7.92. The van der Waals surface area contributed by atoms with E-state index in [0.29, 0.717) is 42.9 Å². The molecule has 0 unspecified atom stereocenters. The van der Waals surface area contributed by atoms with Gasteiger partial charge in [-0.1, -0.05) is 51.3 Å². The molecule has 1 N–H and O–H groups in total. The summed E-state index contributed by atoms with van der Waals surface area (Å²) in [5.74, 6) is 1.07. The highest BCUT2D eigenvalue weighted by Gasteiger charge is 2.28. The van der Waals surface area contributed by atoms with E-state index in [1.807, 2.05) is 0 Å². The van der Waals surface area contributed by atoms with Crippen LogP contribution in [0.5, 0.6) is 11.5 Å². The number of rotatable bonds is 11. The molecular weight excluding hydrogens is 428 g/mol. The lowest BCUT2D eigenvalue weighted by Gasteiger charge is -2.26. The maximum atomic E-state index is 13.4. The predicted octanol–water partition coefficient (Wildman–Crippen LogP) is 3.99. The summed E-state index contributed by atoms with van der Waals surface area (Å²) in [6.45, 7) is 5.30. The van der Waals surface area contributed by atoms with Crippen LogP contribution in [-0.2, 0) is 14.8 Å². The third-order valence-electron chi connectivity index (χ3n) is 5.56. The van der Waals surface area contributed by atoms with Gasteiger partial charge in [0.15, 0.2) is 11.5 Å². The van der Waals surface area contributed by atoms with Gasteiger partial charge in [-0.05, 0) is 36.6 Å². The number of benzene rings is 2. The summed E-state index contributed by atoms with van der Waals surface area (Å²) in [6.07, 6.45) is 4.23. The van der Waals surface area contributed by atoms with Crippen LogP contribution in [0.4, 0.5) is 5.69 Å². The first-order chi connectivity index (χ1) is 15.5. The highest BCUT2D eigenvalue weighted by atomic mass is 32.2. The zero-order valence-electron chi connectivity index (χ0n) is 18.7. The quantitative estimate of drug-likeness (QED) is 0.548. The minimum absolute atomic E-state index is 0.122. The molecule has 0 aliphatic carbocycles. The lowest BCUT2D eigenvalue weighted by atomic mass is 9.99. The third kappa shape index (κ3) is 5.94. The molecule has 0 radical (unpaired) electrons. The summed E-state index contributed by atoms with van der Waals surface area (Å²) in [6, 6.07) is 13.0. The van der Waals surface area contributed by atoms with Gasteiger partial charge in [0.25, 0.3) is 10.0 Å². The second-order valence-electron chi connectivity index (χ2n) is 7.87. The second kappa shape index (κ2) is 11.2. The van der Waals surface area contributed by atoms with Crippen molar-refractivity contribution in [3.05, 3.63) is 48.5 Å². The molecule has 8 heteroatoms. The van der Waals surface area contributed by atoms with Gasteiger partial charge >= 0.3 is 0 Å². The van der Waals surface area contributed by atoms with E-state index in [0.717, 1.165) is 30.0 Å². The minimum atomic E-state index is -3.96. The normalized spacial score (nSPS) is 13.9. The molecular formula is C24H32N2O5S. The van der Waals surface area contributed by atoms with Crippen molar-refractivity contribution < 1.29 is 22.7 Å². The van der Waals surface area contributed by atoms with Crippen LogP contribution >= 0.6 is 0 Å². The molecule has 0 saturated carbocycles. The Kier molecular flexibility index (Phi) is 8.39. The molecule has 1 aliphatic rings. The Morgan fingerprint density at radius 1 is 1.06 bits per heavy atom. The molecule has 2 aromatic rings. The summed E-state index contributed by atoms with van der Waals surface area (Å²) in [5, 5.41) is 2.93. The summed E-state index contributed by atoms with van der Waals surface area (Å²) >= 11 is 0. The van der Waals surface area contributed by atoms with E-state index < -0.39 is 10.0 Å². The van der Waals surface area contributed by atoms with Crippen molar-refractivity contribution in [1.82, 2.24) is 5.32 Å². The smallest absolute Gasteiger partial charge is 0.264 e. The Labute approximate surface area is 190 Å². The van der Waals surface area contributed by atoms with Crippen molar-refractivity contribution in [2.75, 3.05) is 30.6 Å². The van der Waals surface area contributed by atoms with Crippen LogP contribution in [0.25, 0.3) is 0 Å². The standard InChI is InChI=1S/C24H32N2O5S/c1-3-5-9-19(4-2)17-25-24(27)18-26(32(28,29)21-10-7-6-8-11-21)20-12-13-22-23(16-20)31-15-14-30-22/h6-8,10-13,16,19H,3-5,9,14-15,17-18H2,1-2H3,(H,25,27)/t19-/m1/s1. The van der Waals surface area contributed by atoms with Crippen molar-refractivity contribution in [2.45, 2.75) is 44.4 Å². The SMILES string of the molecule is CCCC[C@@H](CC)CNC(=O)CN(c1ccc2c(c1)OCCO2)S(=O)(=O)c1ccccc1. The number of fused-ring (bicyclic) bond motifs is 1. The van der Waals surface area contributed by atoms with Gasteiger partial charge in [-0.3, -0.25) is 9.10 Å². The lowest BCUT2D eigenvalue weighted by molar-refractivity contribution is -0.119. The molecule has 7 nitrogen and oxygen atoms in total. The zero-order chi connectivity index (χ0) is 23.0. The van der Waals surface area contributed by atoms with Crippen LogP contribution in [0.2, 0.25) is 0 Å². The molecule has 0 saturated heterocycles. The van der Waals surface area contributed by atoms with E-state index in [9.17, 15) is 13.2 Å². The first-order valence-electron chi connectivity index (χ1n) is 11.2. The Hall–Kier alpha value is -2.74. The summed E-state index contributed by atoms with van der Waals surface area (Å²) in [4.78, 5) is 12.9. The molecule has 0 aromatic heterocycles. The first-order valence-corrected chi connectivity index (χ1v) is 12.6. The number of unbranched alkanes of at least 4 members (excludes halogenated alkanes) is 1. The fourth-order valence-electron chi connectivity index (χ4n) is 3.61. The lowest BCUT2D eigenvalue weighted by Crippen LogP contribution is -2.42. The number of nitrogens with one attached hydrogen (secondary N) is 1. The van der Waals surface area contributed by atoms with E-state index in [4.69, 9.17) is 9.47 Å². The topological polar surface area (TPSA) is 84.9 Å². The number of amides is 1. The number of hydrogen-bond acceptors (Lipinski definition) is 5. The fourth-order valence-corrected chi connectivity index (χ4v) is 5.04. The largest absolute Gasteiger partial charge is 0.486 e. The Bertz CT molecular complexity index is 995. The van der Waals surface area contributed by atoms with Crippen molar-refractivity contribution in [2.24, 2.45) is 5.92 Å². The van der Waals surface area contributed by atoms with Gasteiger partial charge < -0.3 is 14.8 Å². The Morgan fingerprint density at radius 3 is 2.47 bits per heavy atom.